The third-order valence-corrected chi connectivity index (χ3v) is 6.61. The monoisotopic (exact) mass is 395 g/mol. The summed E-state index contributed by atoms with van der Waals surface area (Å²) in [6.07, 6.45) is 3.53. The fraction of sp³-hybridized carbons (Fsp3) is 0.500. The summed E-state index contributed by atoms with van der Waals surface area (Å²) in [6.45, 7) is 0.923. The lowest BCUT2D eigenvalue weighted by molar-refractivity contribution is 0.182. The molecule has 2 atom stereocenters. The zero-order valence-corrected chi connectivity index (χ0v) is 16.3. The number of ether oxygens (including phenoxy) is 2. The zero-order valence-electron chi connectivity index (χ0n) is 15.5. The van der Waals surface area contributed by atoms with E-state index in [2.05, 4.69) is 4.98 Å². The van der Waals surface area contributed by atoms with Crippen molar-refractivity contribution in [2.24, 2.45) is 5.92 Å². The van der Waals surface area contributed by atoms with Crippen molar-refractivity contribution in [3.05, 3.63) is 36.7 Å². The van der Waals surface area contributed by atoms with Gasteiger partial charge in [0.1, 0.15) is 18.2 Å². The van der Waals surface area contributed by atoms with Gasteiger partial charge in [0.05, 0.1) is 37.2 Å². The molecule has 1 aromatic heterocycles. The smallest absolute Gasteiger partial charge is 0.214 e. The van der Waals surface area contributed by atoms with E-state index in [0.29, 0.717) is 24.8 Å². The molecule has 1 saturated heterocycles. The molecule has 0 radical (unpaired) electrons. The van der Waals surface area contributed by atoms with Crippen molar-refractivity contribution in [2.75, 3.05) is 46.3 Å². The van der Waals surface area contributed by atoms with Gasteiger partial charge in [0.15, 0.2) is 0 Å². The summed E-state index contributed by atoms with van der Waals surface area (Å²) in [6, 6.07) is 7.33. The van der Waals surface area contributed by atoms with Crippen LogP contribution in [0.15, 0.2) is 36.7 Å². The molecule has 0 unspecified atom stereocenters. The second-order valence-electron chi connectivity index (χ2n) is 6.65. The number of rotatable bonds is 8. The fourth-order valence-electron chi connectivity index (χ4n) is 3.20. The Bertz CT molecular complexity index is 865. The molecule has 9 heteroatoms. The van der Waals surface area contributed by atoms with Gasteiger partial charge < -0.3 is 19.1 Å². The van der Waals surface area contributed by atoms with E-state index < -0.39 is 10.0 Å². The van der Waals surface area contributed by atoms with Crippen LogP contribution >= 0.6 is 0 Å². The summed E-state index contributed by atoms with van der Waals surface area (Å²) in [5.41, 5.74) is 0.789. The molecule has 0 spiro atoms. The van der Waals surface area contributed by atoms with Gasteiger partial charge in [-0.25, -0.2) is 17.7 Å². The molecule has 0 aliphatic carbocycles. The van der Waals surface area contributed by atoms with Crippen LogP contribution in [0.5, 0.6) is 5.75 Å². The normalized spacial score (nSPS) is 20.3. The number of imidazole rings is 1. The Balaban J connectivity index is 1.91. The number of benzene rings is 1. The highest BCUT2D eigenvalue weighted by molar-refractivity contribution is 7.89. The number of aliphatic hydroxyl groups is 1. The molecule has 0 bridgehead atoms. The number of hydrogen-bond donors (Lipinski definition) is 1. The average Bonchev–Trinajstić information content (AvgIpc) is 3.28. The molecule has 8 nitrogen and oxygen atoms in total. The molecule has 3 rings (SSSR count). The third kappa shape index (κ3) is 4.32. The minimum Gasteiger partial charge on any atom is -0.490 e. The first-order chi connectivity index (χ1) is 12.9. The maximum absolute atomic E-state index is 12.3. The van der Waals surface area contributed by atoms with E-state index in [1.807, 2.05) is 35.0 Å². The topological polar surface area (TPSA) is 93.9 Å². The van der Waals surface area contributed by atoms with E-state index in [1.54, 1.807) is 6.20 Å². The molecule has 2 aromatic rings. The second-order valence-corrected chi connectivity index (χ2v) is 8.88. The third-order valence-electron chi connectivity index (χ3n) is 4.65. The first-order valence-corrected chi connectivity index (χ1v) is 10.4. The highest BCUT2D eigenvalue weighted by Crippen LogP contribution is 2.35. The van der Waals surface area contributed by atoms with Crippen molar-refractivity contribution in [1.82, 2.24) is 13.9 Å². The van der Waals surface area contributed by atoms with Crippen LogP contribution in [-0.2, 0) is 14.8 Å². The van der Waals surface area contributed by atoms with Crippen LogP contribution in [0.25, 0.3) is 11.4 Å². The van der Waals surface area contributed by atoms with E-state index in [4.69, 9.17) is 14.6 Å². The van der Waals surface area contributed by atoms with Gasteiger partial charge in [-0.3, -0.25) is 0 Å². The number of aromatic nitrogens is 2. The van der Waals surface area contributed by atoms with Crippen molar-refractivity contribution in [1.29, 1.82) is 0 Å². The van der Waals surface area contributed by atoms with Crippen LogP contribution in [0, 0.1) is 5.92 Å². The summed E-state index contributed by atoms with van der Waals surface area (Å²) in [4.78, 5) is 4.47. The minimum atomic E-state index is -3.34. The molecular formula is C18H25N3O5S. The first-order valence-electron chi connectivity index (χ1n) is 8.78. The van der Waals surface area contributed by atoms with Gasteiger partial charge in [-0.1, -0.05) is 12.1 Å². The minimum absolute atomic E-state index is 0.0188. The van der Waals surface area contributed by atoms with Gasteiger partial charge in [0.25, 0.3) is 0 Å². The number of aliphatic hydroxyl groups excluding tert-OH is 1. The summed E-state index contributed by atoms with van der Waals surface area (Å²) in [5.74, 6) is 1.16. The lowest BCUT2D eigenvalue weighted by Crippen LogP contribution is -2.32. The van der Waals surface area contributed by atoms with Crippen molar-refractivity contribution in [3.63, 3.8) is 0 Å². The Morgan fingerprint density at radius 1 is 1.33 bits per heavy atom. The fourth-order valence-corrected chi connectivity index (χ4v) is 4.35. The molecule has 0 saturated carbocycles. The molecule has 0 amide bonds. The second kappa shape index (κ2) is 8.39. The summed E-state index contributed by atoms with van der Waals surface area (Å²) in [5, 5.41) is 9.04. The van der Waals surface area contributed by atoms with Crippen LogP contribution in [0.3, 0.4) is 0 Å². The Kier molecular flexibility index (Phi) is 6.15. The lowest BCUT2D eigenvalue weighted by atomic mass is 10.1. The van der Waals surface area contributed by atoms with E-state index >= 15 is 0 Å². The summed E-state index contributed by atoms with van der Waals surface area (Å²) < 4.78 is 39.1. The largest absolute Gasteiger partial charge is 0.490 e. The molecule has 2 heterocycles. The number of nitrogens with zero attached hydrogens (tertiary/aromatic N) is 3. The number of sulfonamides is 1. The van der Waals surface area contributed by atoms with Gasteiger partial charge in [0.2, 0.25) is 10.0 Å². The molecule has 148 valence electrons. The van der Waals surface area contributed by atoms with Crippen LogP contribution < -0.4 is 4.74 Å². The molecular weight excluding hydrogens is 370 g/mol. The standard InChI is InChI=1S/C18H25N3O5S/c1-20(2)27(23,24)13-14-11-25-12-16(14)21-8-7-19-18(21)15-5-3-4-6-17(15)26-10-9-22/h3-8,14,16,22H,9-13H2,1-2H3/t14-,16+/m0/s1. The molecule has 1 aliphatic heterocycles. The van der Waals surface area contributed by atoms with E-state index in [9.17, 15) is 8.42 Å². The van der Waals surface area contributed by atoms with Gasteiger partial charge in [0, 0.05) is 32.4 Å². The quantitative estimate of drug-likeness (QED) is 0.717. The summed E-state index contributed by atoms with van der Waals surface area (Å²) in [7, 11) is -0.258. The molecule has 1 fully saturated rings. The van der Waals surface area contributed by atoms with E-state index in [1.165, 1.54) is 18.4 Å². The Hall–Kier alpha value is -1.94. The van der Waals surface area contributed by atoms with Crippen molar-refractivity contribution in [3.8, 4) is 17.1 Å². The van der Waals surface area contributed by atoms with Crippen LogP contribution in [0.2, 0.25) is 0 Å². The lowest BCUT2D eigenvalue weighted by Gasteiger charge is -2.23. The molecule has 1 aromatic carbocycles. The predicted molar refractivity (Wildman–Crippen MR) is 101 cm³/mol. The Morgan fingerprint density at radius 2 is 2.11 bits per heavy atom. The van der Waals surface area contributed by atoms with E-state index in [-0.39, 0.29) is 30.9 Å². The molecule has 1 N–H and O–H groups in total. The summed E-state index contributed by atoms with van der Waals surface area (Å²) >= 11 is 0. The van der Waals surface area contributed by atoms with Gasteiger partial charge in [-0.05, 0) is 12.1 Å². The van der Waals surface area contributed by atoms with E-state index in [0.717, 1.165) is 5.56 Å². The SMILES string of the molecule is CN(C)S(=O)(=O)C[C@@H]1COC[C@H]1n1ccnc1-c1ccccc1OCCO. The van der Waals surface area contributed by atoms with Crippen molar-refractivity contribution >= 4 is 10.0 Å². The highest BCUT2D eigenvalue weighted by Gasteiger charge is 2.35. The van der Waals surface area contributed by atoms with Crippen molar-refractivity contribution in [2.45, 2.75) is 6.04 Å². The zero-order chi connectivity index (χ0) is 19.4. The number of hydrogen-bond acceptors (Lipinski definition) is 6. The van der Waals surface area contributed by atoms with Crippen LogP contribution in [0.4, 0.5) is 0 Å². The maximum Gasteiger partial charge on any atom is 0.214 e. The number of para-hydroxylation sites is 1. The predicted octanol–water partition coefficient (Wildman–Crippen LogP) is 1.00. The molecule has 27 heavy (non-hydrogen) atoms. The van der Waals surface area contributed by atoms with Crippen molar-refractivity contribution < 1.29 is 23.0 Å². The van der Waals surface area contributed by atoms with Gasteiger partial charge in [-0.15, -0.1) is 0 Å². The van der Waals surface area contributed by atoms with Crippen LogP contribution in [-0.4, -0.2) is 73.7 Å². The van der Waals surface area contributed by atoms with Gasteiger partial charge >= 0.3 is 0 Å². The highest BCUT2D eigenvalue weighted by atomic mass is 32.2. The van der Waals surface area contributed by atoms with Crippen LogP contribution in [0.1, 0.15) is 6.04 Å². The average molecular weight is 395 g/mol. The Morgan fingerprint density at radius 3 is 2.85 bits per heavy atom. The molecule has 1 aliphatic rings. The Labute approximate surface area is 159 Å². The first kappa shape index (κ1) is 19.8. The maximum atomic E-state index is 12.3. The van der Waals surface area contributed by atoms with Gasteiger partial charge in [-0.2, -0.15) is 0 Å².